The molecule has 0 fully saturated rings. The fraction of sp³-hybridized carbons (Fsp3) is 0.462. The van der Waals surface area contributed by atoms with Crippen molar-refractivity contribution >= 4 is 27.2 Å². The number of nitrogens with two attached hydrogens (primary N) is 1. The number of rotatable bonds is 6. The Kier molecular flexibility index (Phi) is 5.46. The van der Waals surface area contributed by atoms with Crippen molar-refractivity contribution in [1.29, 1.82) is 0 Å². The van der Waals surface area contributed by atoms with E-state index in [1.807, 2.05) is 13.8 Å². The molecule has 1 atom stereocenters. The summed E-state index contributed by atoms with van der Waals surface area (Å²) >= 11 is 4.91. The summed E-state index contributed by atoms with van der Waals surface area (Å²) in [4.78, 5) is 0.268. The molecule has 0 aliphatic carbocycles. The molecule has 6 heteroatoms. The predicted molar refractivity (Wildman–Crippen MR) is 81.6 cm³/mol. The van der Waals surface area contributed by atoms with Crippen molar-refractivity contribution in [2.24, 2.45) is 11.7 Å². The predicted octanol–water partition coefficient (Wildman–Crippen LogP) is 1.99. The van der Waals surface area contributed by atoms with Crippen LogP contribution < -0.4 is 5.73 Å². The summed E-state index contributed by atoms with van der Waals surface area (Å²) in [7, 11) is -1.97. The molecule has 19 heavy (non-hydrogen) atoms. The molecule has 0 aromatic heterocycles. The van der Waals surface area contributed by atoms with E-state index in [1.165, 1.54) is 10.4 Å². The van der Waals surface area contributed by atoms with Gasteiger partial charge in [0.15, 0.2) is 0 Å². The third-order valence-corrected chi connectivity index (χ3v) is 5.21. The Morgan fingerprint density at radius 3 is 2.53 bits per heavy atom. The normalized spacial score (nSPS) is 13.5. The monoisotopic (exact) mass is 300 g/mol. The summed E-state index contributed by atoms with van der Waals surface area (Å²) in [5, 5.41) is 0. The number of sulfonamides is 1. The van der Waals surface area contributed by atoms with Crippen LogP contribution in [0.2, 0.25) is 0 Å². The molecule has 1 aromatic carbocycles. The number of benzene rings is 1. The minimum Gasteiger partial charge on any atom is -0.389 e. The van der Waals surface area contributed by atoms with Crippen molar-refractivity contribution in [2.75, 3.05) is 13.6 Å². The van der Waals surface area contributed by atoms with Gasteiger partial charge < -0.3 is 5.73 Å². The highest BCUT2D eigenvalue weighted by Crippen LogP contribution is 2.20. The van der Waals surface area contributed by atoms with Crippen molar-refractivity contribution in [3.8, 4) is 0 Å². The molecule has 0 saturated heterocycles. The second-order valence-electron chi connectivity index (χ2n) is 4.66. The summed E-state index contributed by atoms with van der Waals surface area (Å²) in [6.45, 7) is 4.53. The molecule has 0 aliphatic heterocycles. The number of hydrogen-bond acceptors (Lipinski definition) is 3. The van der Waals surface area contributed by atoms with Gasteiger partial charge in [-0.3, -0.25) is 0 Å². The fourth-order valence-corrected chi connectivity index (χ4v) is 3.46. The van der Waals surface area contributed by atoms with Crippen LogP contribution in [0.1, 0.15) is 25.8 Å². The Hall–Kier alpha value is -0.980. The van der Waals surface area contributed by atoms with Gasteiger partial charge in [-0.15, -0.1) is 0 Å². The quantitative estimate of drug-likeness (QED) is 0.816. The molecule has 4 nitrogen and oxygen atoms in total. The molecule has 1 unspecified atom stereocenters. The lowest BCUT2D eigenvalue weighted by molar-refractivity contribution is 0.393. The maximum atomic E-state index is 12.5. The maximum absolute atomic E-state index is 12.5. The zero-order valence-electron chi connectivity index (χ0n) is 11.5. The van der Waals surface area contributed by atoms with Crippen LogP contribution in [0, 0.1) is 5.92 Å². The molecule has 106 valence electrons. The number of hydrogen-bond donors (Lipinski definition) is 1. The summed E-state index contributed by atoms with van der Waals surface area (Å²) < 4.78 is 26.4. The van der Waals surface area contributed by atoms with E-state index in [0.29, 0.717) is 18.0 Å². The second kappa shape index (κ2) is 6.45. The van der Waals surface area contributed by atoms with Gasteiger partial charge in [0, 0.05) is 19.2 Å². The highest BCUT2D eigenvalue weighted by Gasteiger charge is 2.25. The zero-order chi connectivity index (χ0) is 14.6. The van der Waals surface area contributed by atoms with Crippen LogP contribution in [0.15, 0.2) is 29.2 Å². The van der Waals surface area contributed by atoms with Crippen molar-refractivity contribution in [1.82, 2.24) is 4.31 Å². The first-order valence-corrected chi connectivity index (χ1v) is 8.00. The topological polar surface area (TPSA) is 63.4 Å². The third-order valence-electron chi connectivity index (χ3n) is 3.11. The first-order valence-electron chi connectivity index (χ1n) is 6.15. The summed E-state index contributed by atoms with van der Waals surface area (Å²) in [6, 6.07) is 6.57. The number of nitrogens with zero attached hydrogens (tertiary/aromatic N) is 1. The molecule has 0 aliphatic rings. The van der Waals surface area contributed by atoms with Crippen LogP contribution in [-0.2, 0) is 10.0 Å². The van der Waals surface area contributed by atoms with E-state index in [0.717, 1.165) is 6.42 Å². The Bertz CT molecular complexity index is 556. The highest BCUT2D eigenvalue weighted by molar-refractivity contribution is 7.89. The molecular formula is C13H20N2O2S2. The molecule has 0 radical (unpaired) electrons. The Morgan fingerprint density at radius 2 is 2.00 bits per heavy atom. The van der Waals surface area contributed by atoms with E-state index >= 15 is 0 Å². The SMILES string of the molecule is CCC(C)CN(C)S(=O)(=O)c1ccccc1C(N)=S. The zero-order valence-corrected chi connectivity index (χ0v) is 13.1. The Labute approximate surface area is 120 Å². The minimum absolute atomic E-state index is 0.0936. The lowest BCUT2D eigenvalue weighted by Crippen LogP contribution is -2.32. The largest absolute Gasteiger partial charge is 0.389 e. The van der Waals surface area contributed by atoms with Gasteiger partial charge in [0.25, 0.3) is 0 Å². The molecule has 0 saturated carbocycles. The van der Waals surface area contributed by atoms with Crippen molar-refractivity contribution in [3.63, 3.8) is 0 Å². The van der Waals surface area contributed by atoms with Gasteiger partial charge in [0.2, 0.25) is 10.0 Å². The average Bonchev–Trinajstić information content (AvgIpc) is 2.38. The van der Waals surface area contributed by atoms with E-state index < -0.39 is 10.0 Å². The lowest BCUT2D eigenvalue weighted by Gasteiger charge is -2.21. The first-order chi connectivity index (χ1) is 8.80. The standard InChI is InChI=1S/C13H20N2O2S2/c1-4-10(2)9-15(3)19(16,17)12-8-6-5-7-11(12)13(14)18/h5-8,10H,4,9H2,1-3H3,(H2,14,18). The summed E-state index contributed by atoms with van der Waals surface area (Å²) in [6.07, 6.45) is 0.927. The van der Waals surface area contributed by atoms with Crippen molar-refractivity contribution in [2.45, 2.75) is 25.2 Å². The maximum Gasteiger partial charge on any atom is 0.243 e. The van der Waals surface area contributed by atoms with Gasteiger partial charge in [0.05, 0.1) is 4.90 Å². The van der Waals surface area contributed by atoms with Gasteiger partial charge in [-0.25, -0.2) is 12.7 Å². The fourth-order valence-electron chi connectivity index (χ4n) is 1.73. The van der Waals surface area contributed by atoms with Gasteiger partial charge in [-0.1, -0.05) is 50.7 Å². The van der Waals surface area contributed by atoms with Crippen LogP contribution in [-0.4, -0.2) is 31.3 Å². The van der Waals surface area contributed by atoms with Gasteiger partial charge >= 0.3 is 0 Å². The molecule has 1 aromatic rings. The van der Waals surface area contributed by atoms with Crippen molar-refractivity contribution < 1.29 is 8.42 Å². The highest BCUT2D eigenvalue weighted by atomic mass is 32.2. The lowest BCUT2D eigenvalue weighted by atomic mass is 10.1. The van der Waals surface area contributed by atoms with Gasteiger partial charge in [-0.2, -0.15) is 0 Å². The van der Waals surface area contributed by atoms with Crippen LogP contribution >= 0.6 is 12.2 Å². The second-order valence-corrected chi connectivity index (χ2v) is 7.11. The Morgan fingerprint density at radius 1 is 1.42 bits per heavy atom. The van der Waals surface area contributed by atoms with E-state index in [-0.39, 0.29) is 9.88 Å². The van der Waals surface area contributed by atoms with Crippen LogP contribution in [0.5, 0.6) is 0 Å². The van der Waals surface area contributed by atoms with Crippen LogP contribution in [0.25, 0.3) is 0 Å². The van der Waals surface area contributed by atoms with E-state index in [9.17, 15) is 8.42 Å². The van der Waals surface area contributed by atoms with E-state index in [4.69, 9.17) is 18.0 Å². The molecular weight excluding hydrogens is 280 g/mol. The molecule has 0 heterocycles. The van der Waals surface area contributed by atoms with Crippen LogP contribution in [0.3, 0.4) is 0 Å². The van der Waals surface area contributed by atoms with Gasteiger partial charge in [0.1, 0.15) is 4.99 Å². The summed E-state index contributed by atoms with van der Waals surface area (Å²) in [5.41, 5.74) is 5.98. The third kappa shape index (κ3) is 3.75. The smallest absolute Gasteiger partial charge is 0.243 e. The Balaban J connectivity index is 3.17. The minimum atomic E-state index is -3.55. The van der Waals surface area contributed by atoms with Crippen molar-refractivity contribution in [3.05, 3.63) is 29.8 Å². The molecule has 2 N–H and O–H groups in total. The van der Waals surface area contributed by atoms with Crippen LogP contribution in [0.4, 0.5) is 0 Å². The van der Waals surface area contributed by atoms with E-state index in [2.05, 4.69) is 0 Å². The average molecular weight is 300 g/mol. The first kappa shape index (κ1) is 16.1. The number of thiocarbonyl (C=S) groups is 1. The molecule has 0 bridgehead atoms. The van der Waals surface area contributed by atoms with E-state index in [1.54, 1.807) is 25.2 Å². The summed E-state index contributed by atoms with van der Waals surface area (Å²) in [5.74, 6) is 0.303. The molecule has 0 amide bonds. The molecule has 0 spiro atoms. The molecule has 1 rings (SSSR count). The van der Waals surface area contributed by atoms with Gasteiger partial charge in [-0.05, 0) is 12.0 Å².